The van der Waals surface area contributed by atoms with Gasteiger partial charge in [-0.15, -0.1) is 11.6 Å². The van der Waals surface area contributed by atoms with Crippen molar-refractivity contribution < 1.29 is 14.6 Å². The van der Waals surface area contributed by atoms with Crippen LogP contribution in [0.25, 0.3) is 6.08 Å². The fraction of sp³-hybridized carbons (Fsp3) is 0.621. The van der Waals surface area contributed by atoms with Crippen molar-refractivity contribution in [2.75, 3.05) is 12.5 Å². The molecule has 33 heavy (non-hydrogen) atoms. The van der Waals surface area contributed by atoms with Crippen molar-refractivity contribution in [1.29, 1.82) is 0 Å². The van der Waals surface area contributed by atoms with Gasteiger partial charge in [0, 0.05) is 11.3 Å². The SMILES string of the molecule is C[C@]12CC[C@H](O)CC1=CC[C@@H]1[C@@H]2CC[C@]2(C)C(=O)/C(=C/c3cccc(OCCCCl)c3)C[C@@H]12. The number of Topliss-reactive ketones (excluding diaryl/α,β-unsaturated/α-hetero) is 1. The molecule has 1 aromatic rings. The van der Waals surface area contributed by atoms with Gasteiger partial charge in [-0.25, -0.2) is 0 Å². The average molecular weight is 469 g/mol. The minimum atomic E-state index is -0.239. The molecule has 1 aromatic carbocycles. The highest BCUT2D eigenvalue weighted by atomic mass is 35.5. The largest absolute Gasteiger partial charge is 0.494 e. The fourth-order valence-electron chi connectivity index (χ4n) is 7.58. The Morgan fingerprint density at radius 3 is 2.79 bits per heavy atom. The summed E-state index contributed by atoms with van der Waals surface area (Å²) < 4.78 is 5.81. The highest BCUT2D eigenvalue weighted by Crippen LogP contribution is 2.64. The number of aliphatic hydroxyl groups excluding tert-OH is 1. The predicted molar refractivity (Wildman–Crippen MR) is 133 cm³/mol. The molecule has 0 radical (unpaired) electrons. The van der Waals surface area contributed by atoms with Crippen molar-refractivity contribution in [3.63, 3.8) is 0 Å². The van der Waals surface area contributed by atoms with E-state index >= 15 is 0 Å². The number of fused-ring (bicyclic) bond motifs is 5. The third-order valence-electron chi connectivity index (χ3n) is 9.46. The van der Waals surface area contributed by atoms with Crippen LogP contribution in [0, 0.1) is 28.6 Å². The zero-order chi connectivity index (χ0) is 23.2. The Balaban J connectivity index is 1.39. The lowest BCUT2D eigenvalue weighted by Crippen LogP contribution is -2.50. The zero-order valence-electron chi connectivity index (χ0n) is 20.0. The summed E-state index contributed by atoms with van der Waals surface area (Å²) in [4.78, 5) is 13.7. The predicted octanol–water partition coefficient (Wildman–Crippen LogP) is 6.58. The van der Waals surface area contributed by atoms with E-state index in [2.05, 4.69) is 32.1 Å². The molecule has 0 aliphatic heterocycles. The molecule has 4 heteroatoms. The summed E-state index contributed by atoms with van der Waals surface area (Å²) in [7, 11) is 0. The van der Waals surface area contributed by atoms with Crippen molar-refractivity contribution in [3.8, 4) is 5.75 Å². The summed E-state index contributed by atoms with van der Waals surface area (Å²) in [6, 6.07) is 8.06. The first-order valence-corrected chi connectivity index (χ1v) is 13.3. The number of allylic oxidation sites excluding steroid dienone is 2. The lowest BCUT2D eigenvalue weighted by molar-refractivity contribution is -0.130. The Morgan fingerprint density at radius 2 is 1.97 bits per heavy atom. The molecule has 3 fully saturated rings. The number of hydrogen-bond acceptors (Lipinski definition) is 3. The Labute approximate surface area is 203 Å². The Hall–Kier alpha value is -1.58. The number of hydrogen-bond donors (Lipinski definition) is 1. The molecule has 0 saturated heterocycles. The van der Waals surface area contributed by atoms with E-state index in [1.807, 2.05) is 18.2 Å². The molecule has 5 rings (SSSR count). The van der Waals surface area contributed by atoms with Crippen LogP contribution in [0.5, 0.6) is 5.75 Å². The minimum absolute atomic E-state index is 0.174. The van der Waals surface area contributed by atoms with Gasteiger partial charge in [-0.3, -0.25) is 4.79 Å². The molecule has 178 valence electrons. The number of ether oxygens (including phenoxy) is 1. The second-order valence-corrected chi connectivity index (χ2v) is 11.7. The van der Waals surface area contributed by atoms with E-state index in [4.69, 9.17) is 16.3 Å². The van der Waals surface area contributed by atoms with Gasteiger partial charge in [-0.2, -0.15) is 0 Å². The van der Waals surface area contributed by atoms with Crippen molar-refractivity contribution in [1.82, 2.24) is 0 Å². The van der Waals surface area contributed by atoms with E-state index in [9.17, 15) is 9.90 Å². The van der Waals surface area contributed by atoms with Crippen LogP contribution in [0.15, 0.2) is 41.5 Å². The van der Waals surface area contributed by atoms with Crippen molar-refractivity contribution in [2.24, 2.45) is 28.6 Å². The maximum absolute atomic E-state index is 13.7. The van der Waals surface area contributed by atoms with Crippen molar-refractivity contribution >= 4 is 23.5 Å². The van der Waals surface area contributed by atoms with Gasteiger partial charge in [0.15, 0.2) is 5.78 Å². The number of aliphatic hydroxyl groups is 1. The molecule has 0 aromatic heterocycles. The fourth-order valence-corrected chi connectivity index (χ4v) is 7.69. The van der Waals surface area contributed by atoms with E-state index in [1.54, 1.807) is 0 Å². The molecule has 6 atom stereocenters. The normalized spacial score (nSPS) is 39.0. The van der Waals surface area contributed by atoms with E-state index in [-0.39, 0.29) is 16.9 Å². The standard InChI is InChI=1S/C29H37ClO3/c1-28-11-9-22(31)18-21(28)7-8-24-25(28)10-12-29(2)26(24)17-20(27(29)32)15-19-5-3-6-23(16-19)33-14-4-13-30/h3,5-7,15-16,22,24-26,31H,4,8-14,17-18H2,1-2H3/b20-15+/t22-,24+,25-,26-,28-,29-/m0/s1. The van der Waals surface area contributed by atoms with Gasteiger partial charge in [0.05, 0.1) is 12.7 Å². The Bertz CT molecular complexity index is 981. The lowest BCUT2D eigenvalue weighted by atomic mass is 9.48. The number of rotatable bonds is 5. The number of alkyl halides is 1. The molecule has 0 bridgehead atoms. The Kier molecular flexibility index (Phi) is 6.24. The number of carbonyl (C=O) groups excluding carboxylic acids is 1. The Morgan fingerprint density at radius 1 is 1.15 bits per heavy atom. The number of benzene rings is 1. The second-order valence-electron chi connectivity index (χ2n) is 11.3. The van der Waals surface area contributed by atoms with Gasteiger partial charge in [0.1, 0.15) is 5.75 Å². The molecular weight excluding hydrogens is 432 g/mol. The van der Waals surface area contributed by atoms with Crippen LogP contribution in [0.2, 0.25) is 0 Å². The first kappa shape index (κ1) is 23.2. The maximum atomic E-state index is 13.7. The first-order chi connectivity index (χ1) is 15.8. The molecule has 3 saturated carbocycles. The molecule has 4 aliphatic carbocycles. The van der Waals surface area contributed by atoms with Crippen LogP contribution < -0.4 is 4.74 Å². The molecule has 4 aliphatic rings. The first-order valence-electron chi connectivity index (χ1n) is 12.8. The van der Waals surface area contributed by atoms with E-state index in [0.717, 1.165) is 68.3 Å². The van der Waals surface area contributed by atoms with Crippen LogP contribution in [-0.2, 0) is 4.79 Å². The third kappa shape index (κ3) is 4.00. The molecule has 0 heterocycles. The second kappa shape index (κ2) is 8.89. The number of ketones is 1. The smallest absolute Gasteiger partial charge is 0.165 e. The quantitative estimate of drug-likeness (QED) is 0.230. The van der Waals surface area contributed by atoms with Gasteiger partial charge in [0.2, 0.25) is 0 Å². The average Bonchev–Trinajstić information content (AvgIpc) is 3.05. The zero-order valence-corrected chi connectivity index (χ0v) is 20.7. The van der Waals surface area contributed by atoms with Gasteiger partial charge in [-0.1, -0.05) is 37.6 Å². The maximum Gasteiger partial charge on any atom is 0.165 e. The molecule has 0 amide bonds. The van der Waals surface area contributed by atoms with Gasteiger partial charge >= 0.3 is 0 Å². The molecule has 1 N–H and O–H groups in total. The lowest BCUT2D eigenvalue weighted by Gasteiger charge is -2.56. The molecule has 0 unspecified atom stereocenters. The summed E-state index contributed by atoms with van der Waals surface area (Å²) in [6.45, 7) is 5.28. The molecule has 0 spiro atoms. The van der Waals surface area contributed by atoms with Gasteiger partial charge < -0.3 is 9.84 Å². The van der Waals surface area contributed by atoms with Gasteiger partial charge in [-0.05, 0) is 104 Å². The van der Waals surface area contributed by atoms with Crippen molar-refractivity contribution in [2.45, 2.75) is 71.3 Å². The highest BCUT2D eigenvalue weighted by Gasteiger charge is 2.59. The highest BCUT2D eigenvalue weighted by molar-refractivity contribution is 6.17. The third-order valence-corrected chi connectivity index (χ3v) is 9.73. The molecular formula is C29H37ClO3. The van der Waals surface area contributed by atoms with Crippen LogP contribution >= 0.6 is 11.6 Å². The van der Waals surface area contributed by atoms with Crippen molar-refractivity contribution in [3.05, 3.63) is 47.1 Å². The van der Waals surface area contributed by atoms with Gasteiger partial charge in [0.25, 0.3) is 0 Å². The summed E-state index contributed by atoms with van der Waals surface area (Å²) in [5, 5.41) is 10.2. The summed E-state index contributed by atoms with van der Waals surface area (Å²) in [5.41, 5.74) is 3.47. The molecule has 3 nitrogen and oxygen atoms in total. The van der Waals surface area contributed by atoms with Crippen LogP contribution in [-0.4, -0.2) is 29.5 Å². The summed E-state index contributed by atoms with van der Waals surface area (Å²) >= 11 is 5.76. The number of halogens is 1. The summed E-state index contributed by atoms with van der Waals surface area (Å²) in [6.07, 6.45) is 12.1. The van der Waals surface area contributed by atoms with E-state index < -0.39 is 0 Å². The monoisotopic (exact) mass is 468 g/mol. The van der Waals surface area contributed by atoms with Crippen LogP contribution in [0.1, 0.15) is 70.8 Å². The van der Waals surface area contributed by atoms with E-state index in [0.29, 0.717) is 36.0 Å². The van der Waals surface area contributed by atoms with Crippen LogP contribution in [0.3, 0.4) is 0 Å². The van der Waals surface area contributed by atoms with Crippen LogP contribution in [0.4, 0.5) is 0 Å². The topological polar surface area (TPSA) is 46.5 Å². The number of carbonyl (C=O) groups is 1. The summed E-state index contributed by atoms with van der Waals surface area (Å²) in [5.74, 6) is 3.40. The minimum Gasteiger partial charge on any atom is -0.494 e. The van der Waals surface area contributed by atoms with E-state index in [1.165, 1.54) is 5.57 Å².